The number of rotatable bonds is 5. The second-order valence-electron chi connectivity index (χ2n) is 6.04. The summed E-state index contributed by atoms with van der Waals surface area (Å²) in [6, 6.07) is 28.3. The van der Waals surface area contributed by atoms with Gasteiger partial charge in [0.1, 0.15) is 18.1 Å². The van der Waals surface area contributed by atoms with E-state index < -0.39 is 0 Å². The first-order valence-electron chi connectivity index (χ1n) is 8.54. The Kier molecular flexibility index (Phi) is 4.52. The molecule has 26 heavy (non-hydrogen) atoms. The molecule has 0 saturated carbocycles. The molecule has 0 N–H and O–H groups in total. The van der Waals surface area contributed by atoms with Crippen LogP contribution in [0.3, 0.4) is 0 Å². The Morgan fingerprint density at radius 1 is 0.692 bits per heavy atom. The van der Waals surface area contributed by atoms with Crippen LogP contribution < -0.4 is 9.47 Å². The van der Waals surface area contributed by atoms with Crippen LogP contribution in [0.25, 0.3) is 22.0 Å². The molecule has 0 atom stereocenters. The van der Waals surface area contributed by atoms with Crippen LogP contribution in [0.15, 0.2) is 84.9 Å². The smallest absolute Gasteiger partial charge is 0.130 e. The molecule has 3 aromatic carbocycles. The summed E-state index contributed by atoms with van der Waals surface area (Å²) in [5, 5.41) is 1.14. The molecule has 4 aromatic rings. The van der Waals surface area contributed by atoms with Crippen LogP contribution in [0.2, 0.25) is 0 Å². The fourth-order valence-corrected chi connectivity index (χ4v) is 2.87. The molecule has 3 heteroatoms. The van der Waals surface area contributed by atoms with Gasteiger partial charge in [-0.1, -0.05) is 48.5 Å². The van der Waals surface area contributed by atoms with Gasteiger partial charge in [0.25, 0.3) is 0 Å². The highest BCUT2D eigenvalue weighted by Crippen LogP contribution is 2.25. The van der Waals surface area contributed by atoms with Gasteiger partial charge in [-0.2, -0.15) is 0 Å². The highest BCUT2D eigenvalue weighted by molar-refractivity contribution is 5.78. The Morgan fingerprint density at radius 3 is 2.04 bits per heavy atom. The highest BCUT2D eigenvalue weighted by Gasteiger charge is 2.02. The SMILES string of the molecule is COc1ccc(-c2ccc(OCc3ccc4ccccc4n3)cc2)cc1. The average Bonchev–Trinajstić information content (AvgIpc) is 2.72. The molecule has 3 nitrogen and oxygen atoms in total. The number of fused-ring (bicyclic) bond motifs is 1. The summed E-state index contributed by atoms with van der Waals surface area (Å²) in [5.74, 6) is 1.69. The minimum absolute atomic E-state index is 0.451. The summed E-state index contributed by atoms with van der Waals surface area (Å²) in [4.78, 5) is 4.63. The fraction of sp³-hybridized carbons (Fsp3) is 0.0870. The van der Waals surface area contributed by atoms with Gasteiger partial charge in [0, 0.05) is 5.39 Å². The number of aromatic nitrogens is 1. The van der Waals surface area contributed by atoms with Crippen LogP contribution in [0.5, 0.6) is 11.5 Å². The first-order valence-corrected chi connectivity index (χ1v) is 8.54. The molecule has 0 unspecified atom stereocenters. The van der Waals surface area contributed by atoms with E-state index in [2.05, 4.69) is 29.2 Å². The molecule has 0 aliphatic carbocycles. The number of para-hydroxylation sites is 1. The van der Waals surface area contributed by atoms with E-state index in [1.807, 2.05) is 60.7 Å². The van der Waals surface area contributed by atoms with Crippen LogP contribution in [0, 0.1) is 0 Å². The normalized spacial score (nSPS) is 10.7. The third-order valence-electron chi connectivity index (χ3n) is 4.32. The zero-order valence-electron chi connectivity index (χ0n) is 14.6. The van der Waals surface area contributed by atoms with Gasteiger partial charge < -0.3 is 9.47 Å². The van der Waals surface area contributed by atoms with E-state index in [4.69, 9.17) is 9.47 Å². The zero-order chi connectivity index (χ0) is 17.8. The Balaban J connectivity index is 1.44. The van der Waals surface area contributed by atoms with Gasteiger partial charge in [-0.25, -0.2) is 4.98 Å². The topological polar surface area (TPSA) is 31.4 Å². The van der Waals surface area contributed by atoms with Crippen molar-refractivity contribution < 1.29 is 9.47 Å². The van der Waals surface area contributed by atoms with Gasteiger partial charge in [-0.3, -0.25) is 0 Å². The van der Waals surface area contributed by atoms with Gasteiger partial charge in [0.05, 0.1) is 18.3 Å². The number of nitrogens with zero attached hydrogens (tertiary/aromatic N) is 1. The molecule has 1 heterocycles. The molecule has 0 radical (unpaired) electrons. The molecule has 0 fully saturated rings. The maximum absolute atomic E-state index is 5.89. The number of benzene rings is 3. The van der Waals surface area contributed by atoms with E-state index in [0.717, 1.165) is 39.2 Å². The van der Waals surface area contributed by atoms with E-state index in [-0.39, 0.29) is 0 Å². The molecule has 0 saturated heterocycles. The lowest BCUT2D eigenvalue weighted by atomic mass is 10.1. The predicted octanol–water partition coefficient (Wildman–Crippen LogP) is 5.49. The van der Waals surface area contributed by atoms with Crippen molar-refractivity contribution in [2.24, 2.45) is 0 Å². The Morgan fingerprint density at radius 2 is 1.35 bits per heavy atom. The summed E-state index contributed by atoms with van der Waals surface area (Å²) in [5.41, 5.74) is 4.20. The van der Waals surface area contributed by atoms with E-state index in [9.17, 15) is 0 Å². The zero-order valence-corrected chi connectivity index (χ0v) is 14.6. The molecule has 0 amide bonds. The van der Waals surface area contributed by atoms with E-state index in [0.29, 0.717) is 6.61 Å². The van der Waals surface area contributed by atoms with Crippen LogP contribution in [0.4, 0.5) is 0 Å². The van der Waals surface area contributed by atoms with Crippen molar-refractivity contribution in [3.63, 3.8) is 0 Å². The van der Waals surface area contributed by atoms with Crippen molar-refractivity contribution in [2.45, 2.75) is 6.61 Å². The second-order valence-corrected chi connectivity index (χ2v) is 6.04. The number of methoxy groups -OCH3 is 1. The van der Waals surface area contributed by atoms with Gasteiger partial charge in [-0.05, 0) is 47.5 Å². The molecule has 0 spiro atoms. The van der Waals surface area contributed by atoms with Crippen molar-refractivity contribution in [3.05, 3.63) is 90.6 Å². The van der Waals surface area contributed by atoms with Crippen molar-refractivity contribution in [2.75, 3.05) is 7.11 Å². The average molecular weight is 341 g/mol. The molecule has 1 aromatic heterocycles. The number of pyridine rings is 1. The monoisotopic (exact) mass is 341 g/mol. The van der Waals surface area contributed by atoms with Crippen molar-refractivity contribution in [3.8, 4) is 22.6 Å². The van der Waals surface area contributed by atoms with Gasteiger partial charge in [-0.15, -0.1) is 0 Å². The van der Waals surface area contributed by atoms with Crippen LogP contribution >= 0.6 is 0 Å². The first kappa shape index (κ1) is 16.2. The summed E-state index contributed by atoms with van der Waals surface area (Å²) < 4.78 is 11.1. The maximum Gasteiger partial charge on any atom is 0.130 e. The number of ether oxygens (including phenoxy) is 2. The maximum atomic E-state index is 5.89. The summed E-state index contributed by atoms with van der Waals surface area (Å²) in [6.45, 7) is 0.451. The lowest BCUT2D eigenvalue weighted by Gasteiger charge is -2.08. The standard InChI is InChI=1S/C23H19NO2/c1-25-21-12-7-17(8-13-21)18-9-14-22(15-10-18)26-16-20-11-6-19-4-2-3-5-23(19)24-20/h2-15H,16H2,1H3. The number of hydrogen-bond acceptors (Lipinski definition) is 3. The minimum atomic E-state index is 0.451. The lowest BCUT2D eigenvalue weighted by molar-refractivity contribution is 0.302. The van der Waals surface area contributed by atoms with E-state index in [1.54, 1.807) is 7.11 Å². The molecular formula is C23H19NO2. The third-order valence-corrected chi connectivity index (χ3v) is 4.32. The first-order chi connectivity index (χ1) is 12.8. The van der Waals surface area contributed by atoms with Crippen molar-refractivity contribution in [1.82, 2.24) is 4.98 Å². The quantitative estimate of drug-likeness (QED) is 0.481. The number of hydrogen-bond donors (Lipinski definition) is 0. The summed E-state index contributed by atoms with van der Waals surface area (Å²) >= 11 is 0. The molecule has 4 rings (SSSR count). The Labute approximate surface area is 152 Å². The molecule has 0 aliphatic heterocycles. The van der Waals surface area contributed by atoms with Gasteiger partial charge in [0.2, 0.25) is 0 Å². The predicted molar refractivity (Wildman–Crippen MR) is 105 cm³/mol. The Bertz CT molecular complexity index is 1010. The molecule has 0 aliphatic rings. The largest absolute Gasteiger partial charge is 0.497 e. The highest BCUT2D eigenvalue weighted by atomic mass is 16.5. The van der Waals surface area contributed by atoms with Crippen LogP contribution in [0.1, 0.15) is 5.69 Å². The van der Waals surface area contributed by atoms with Gasteiger partial charge >= 0.3 is 0 Å². The van der Waals surface area contributed by atoms with Crippen LogP contribution in [-0.4, -0.2) is 12.1 Å². The van der Waals surface area contributed by atoms with Crippen LogP contribution in [-0.2, 0) is 6.61 Å². The minimum Gasteiger partial charge on any atom is -0.497 e. The van der Waals surface area contributed by atoms with Crippen molar-refractivity contribution >= 4 is 10.9 Å². The van der Waals surface area contributed by atoms with E-state index >= 15 is 0 Å². The third kappa shape index (κ3) is 3.52. The molecular weight excluding hydrogens is 322 g/mol. The second kappa shape index (κ2) is 7.28. The van der Waals surface area contributed by atoms with Crippen molar-refractivity contribution in [1.29, 1.82) is 0 Å². The fourth-order valence-electron chi connectivity index (χ4n) is 2.87. The molecule has 128 valence electrons. The molecule has 0 bridgehead atoms. The summed E-state index contributed by atoms with van der Waals surface area (Å²) in [7, 11) is 1.67. The van der Waals surface area contributed by atoms with Gasteiger partial charge in [0.15, 0.2) is 0 Å². The summed E-state index contributed by atoms with van der Waals surface area (Å²) in [6.07, 6.45) is 0. The lowest BCUT2D eigenvalue weighted by Crippen LogP contribution is -1.98. The van der Waals surface area contributed by atoms with E-state index in [1.165, 1.54) is 0 Å². The Hall–Kier alpha value is -3.33.